The van der Waals surface area contributed by atoms with E-state index in [4.69, 9.17) is 16.3 Å². The van der Waals surface area contributed by atoms with E-state index in [0.717, 1.165) is 11.3 Å². The van der Waals surface area contributed by atoms with Gasteiger partial charge in [-0.15, -0.1) is 0 Å². The Morgan fingerprint density at radius 2 is 1.97 bits per heavy atom. The van der Waals surface area contributed by atoms with Crippen LogP contribution < -0.4 is 10.6 Å². The number of amides is 2. The molecular formula is C22H20ClF2N5O3. The summed E-state index contributed by atoms with van der Waals surface area (Å²) in [6, 6.07) is 10.3. The Bertz CT molecular complexity index is 1230. The van der Waals surface area contributed by atoms with Crippen LogP contribution in [0, 0.1) is 11.6 Å². The van der Waals surface area contributed by atoms with Crippen LogP contribution in [0.1, 0.15) is 40.3 Å². The topological polar surface area (TPSA) is 99.4 Å². The number of aromatic nitrogens is 2. The lowest BCUT2D eigenvalue weighted by molar-refractivity contribution is -0.109. The zero-order valence-corrected chi connectivity index (χ0v) is 18.5. The molecule has 8 nitrogen and oxygen atoms in total. The molecule has 2 aromatic carbocycles. The molecule has 0 spiro atoms. The van der Waals surface area contributed by atoms with E-state index < -0.39 is 29.3 Å². The highest BCUT2D eigenvalue weighted by Gasteiger charge is 2.41. The van der Waals surface area contributed by atoms with Gasteiger partial charge in [-0.3, -0.25) is 19.6 Å². The summed E-state index contributed by atoms with van der Waals surface area (Å²) in [6.07, 6.45) is 0. The number of carbonyl (C=O) groups excluding carboxylic acids is 2. The third-order valence-electron chi connectivity index (χ3n) is 5.20. The number of hydrogen-bond acceptors (Lipinski definition) is 5. The Morgan fingerprint density at radius 3 is 2.73 bits per heavy atom. The highest BCUT2D eigenvalue weighted by atomic mass is 35.5. The summed E-state index contributed by atoms with van der Waals surface area (Å²) in [6.45, 7) is 4.19. The number of anilines is 2. The molecule has 0 radical (unpaired) electrons. The van der Waals surface area contributed by atoms with E-state index in [-0.39, 0.29) is 28.6 Å². The van der Waals surface area contributed by atoms with E-state index in [1.807, 2.05) is 31.2 Å². The largest absolute Gasteiger partial charge is 0.340 e. The number of hydrogen-bond donors (Lipinski definition) is 3. The zero-order valence-electron chi connectivity index (χ0n) is 17.7. The first kappa shape index (κ1) is 22.7. The third kappa shape index (κ3) is 4.39. The summed E-state index contributed by atoms with van der Waals surface area (Å²) < 4.78 is 32.6. The van der Waals surface area contributed by atoms with E-state index in [2.05, 4.69) is 20.8 Å². The van der Waals surface area contributed by atoms with E-state index >= 15 is 0 Å². The van der Waals surface area contributed by atoms with Crippen LogP contribution in [0.25, 0.3) is 0 Å². The second kappa shape index (κ2) is 8.80. The molecule has 1 aliphatic rings. The summed E-state index contributed by atoms with van der Waals surface area (Å²) in [7, 11) is 0. The molecule has 0 saturated carbocycles. The van der Waals surface area contributed by atoms with Crippen LogP contribution in [-0.2, 0) is 11.3 Å². The smallest absolute Gasteiger partial charge is 0.278 e. The van der Waals surface area contributed by atoms with Gasteiger partial charge in [0.15, 0.2) is 17.3 Å². The first-order valence-corrected chi connectivity index (χ1v) is 10.4. The van der Waals surface area contributed by atoms with Gasteiger partial charge < -0.3 is 15.4 Å². The van der Waals surface area contributed by atoms with Gasteiger partial charge in [-0.05, 0) is 30.7 Å². The molecule has 2 amide bonds. The first-order valence-electron chi connectivity index (χ1n) is 10.0. The Labute approximate surface area is 192 Å². The maximum absolute atomic E-state index is 13.5. The molecule has 0 saturated heterocycles. The van der Waals surface area contributed by atoms with E-state index in [1.165, 1.54) is 11.0 Å². The fraction of sp³-hybridized carbons (Fsp3) is 0.227. The van der Waals surface area contributed by atoms with Gasteiger partial charge in [0.05, 0.1) is 17.1 Å². The summed E-state index contributed by atoms with van der Waals surface area (Å²) >= 11 is 5.85. The van der Waals surface area contributed by atoms with Crippen molar-refractivity contribution >= 4 is 34.9 Å². The Morgan fingerprint density at radius 1 is 1.24 bits per heavy atom. The molecule has 3 N–H and O–H groups in total. The normalized spacial score (nSPS) is 17.3. The molecule has 1 atom stereocenters. The van der Waals surface area contributed by atoms with Crippen molar-refractivity contribution in [2.24, 2.45) is 0 Å². The number of rotatable bonds is 5. The molecule has 1 aliphatic heterocycles. The van der Waals surface area contributed by atoms with Crippen molar-refractivity contribution in [3.63, 3.8) is 0 Å². The van der Waals surface area contributed by atoms with Crippen LogP contribution in [-0.4, -0.2) is 39.4 Å². The molecule has 2 heterocycles. The summed E-state index contributed by atoms with van der Waals surface area (Å²) in [4.78, 5) is 27.2. The maximum atomic E-state index is 13.5. The van der Waals surface area contributed by atoms with Gasteiger partial charge in [0, 0.05) is 25.3 Å². The fourth-order valence-electron chi connectivity index (χ4n) is 3.60. The predicted molar refractivity (Wildman–Crippen MR) is 118 cm³/mol. The molecule has 0 bridgehead atoms. The molecule has 3 aromatic rings. The minimum Gasteiger partial charge on any atom is -0.340 e. The quantitative estimate of drug-likeness (QED) is 0.476. The number of H-pyrrole nitrogens is 1. The van der Waals surface area contributed by atoms with Gasteiger partial charge in [0.1, 0.15) is 5.82 Å². The lowest BCUT2D eigenvalue weighted by Gasteiger charge is -2.45. The number of carbonyl (C=O) groups is 2. The maximum Gasteiger partial charge on any atom is 0.278 e. The molecule has 0 aliphatic carbocycles. The SMILES string of the molecule is CCOC1(C)Nc2ccccc2CN1C(=O)c1cc(NC(=O)c2cc(F)c(F)cc2Cl)[nH]n1. The number of fused-ring (bicyclic) bond motifs is 1. The van der Waals surface area contributed by atoms with Crippen molar-refractivity contribution in [3.8, 4) is 0 Å². The number of nitrogens with one attached hydrogen (secondary N) is 3. The summed E-state index contributed by atoms with van der Waals surface area (Å²) in [5.41, 5.74) is 1.52. The highest BCUT2D eigenvalue weighted by molar-refractivity contribution is 6.34. The Hall–Kier alpha value is -3.50. The summed E-state index contributed by atoms with van der Waals surface area (Å²) in [5.74, 6) is -4.67. The van der Waals surface area contributed by atoms with E-state index in [0.29, 0.717) is 18.7 Å². The summed E-state index contributed by atoms with van der Waals surface area (Å²) in [5, 5.41) is 12.0. The molecule has 0 fully saturated rings. The fourth-order valence-corrected chi connectivity index (χ4v) is 3.84. The van der Waals surface area contributed by atoms with Crippen LogP contribution in [0.15, 0.2) is 42.5 Å². The molecule has 33 heavy (non-hydrogen) atoms. The third-order valence-corrected chi connectivity index (χ3v) is 5.51. The number of para-hydroxylation sites is 1. The molecular weight excluding hydrogens is 456 g/mol. The van der Waals surface area contributed by atoms with Gasteiger partial charge in [0.2, 0.25) is 5.85 Å². The van der Waals surface area contributed by atoms with Crippen LogP contribution in [0.2, 0.25) is 5.02 Å². The predicted octanol–water partition coefficient (Wildman–Crippen LogP) is 4.37. The second-order valence-electron chi connectivity index (χ2n) is 7.46. The number of nitrogens with zero attached hydrogens (tertiary/aromatic N) is 2. The van der Waals surface area contributed by atoms with Crippen molar-refractivity contribution in [1.29, 1.82) is 0 Å². The molecule has 172 valence electrons. The van der Waals surface area contributed by atoms with Gasteiger partial charge in [-0.1, -0.05) is 29.8 Å². The molecule has 1 aromatic heterocycles. The van der Waals surface area contributed by atoms with Crippen molar-refractivity contribution in [3.05, 3.63) is 75.9 Å². The number of ether oxygens (including phenoxy) is 1. The van der Waals surface area contributed by atoms with Crippen molar-refractivity contribution in [2.75, 3.05) is 17.2 Å². The first-order chi connectivity index (χ1) is 15.7. The zero-order chi connectivity index (χ0) is 23.8. The second-order valence-corrected chi connectivity index (χ2v) is 7.86. The lowest BCUT2D eigenvalue weighted by atomic mass is 10.1. The van der Waals surface area contributed by atoms with Crippen molar-refractivity contribution < 1.29 is 23.1 Å². The van der Waals surface area contributed by atoms with Gasteiger partial charge >= 0.3 is 0 Å². The minimum absolute atomic E-state index is 0.0220. The van der Waals surface area contributed by atoms with E-state index in [9.17, 15) is 18.4 Å². The molecule has 1 unspecified atom stereocenters. The Kier molecular flexibility index (Phi) is 6.05. The lowest BCUT2D eigenvalue weighted by Crippen LogP contribution is -2.58. The monoisotopic (exact) mass is 475 g/mol. The van der Waals surface area contributed by atoms with Gasteiger partial charge in [0.25, 0.3) is 11.8 Å². The average molecular weight is 476 g/mol. The molecule has 11 heteroatoms. The number of halogens is 3. The van der Waals surface area contributed by atoms with Crippen LogP contribution in [0.5, 0.6) is 0 Å². The number of aromatic amines is 1. The number of benzene rings is 2. The van der Waals surface area contributed by atoms with Crippen LogP contribution >= 0.6 is 11.6 Å². The van der Waals surface area contributed by atoms with Gasteiger partial charge in [-0.2, -0.15) is 5.10 Å². The van der Waals surface area contributed by atoms with Gasteiger partial charge in [-0.25, -0.2) is 8.78 Å². The van der Waals surface area contributed by atoms with Crippen LogP contribution in [0.3, 0.4) is 0 Å². The van der Waals surface area contributed by atoms with Crippen molar-refractivity contribution in [1.82, 2.24) is 15.1 Å². The van der Waals surface area contributed by atoms with Crippen molar-refractivity contribution in [2.45, 2.75) is 26.2 Å². The van der Waals surface area contributed by atoms with E-state index in [1.54, 1.807) is 6.92 Å². The standard InChI is InChI=1S/C22H20ClF2N5O3/c1-3-33-22(2)27-17-7-5-4-6-12(17)11-30(22)21(32)18-10-19(29-28-18)26-20(31)13-8-15(24)16(25)9-14(13)23/h4-10,27H,3,11H2,1-2H3,(H2,26,28,29,31). The van der Waals surface area contributed by atoms with Crippen LogP contribution in [0.4, 0.5) is 20.3 Å². The highest BCUT2D eigenvalue weighted by Crippen LogP contribution is 2.33. The molecule has 4 rings (SSSR count). The average Bonchev–Trinajstić information content (AvgIpc) is 3.23. The Balaban J connectivity index is 1.56. The minimum atomic E-state index is -1.21.